The van der Waals surface area contributed by atoms with Gasteiger partial charge < -0.3 is 20.5 Å². The summed E-state index contributed by atoms with van der Waals surface area (Å²) in [5, 5.41) is 9.87. The Balaban J connectivity index is 0.00000231. The van der Waals surface area contributed by atoms with Gasteiger partial charge in [-0.1, -0.05) is 30.3 Å². The number of likely N-dealkylation sites (tertiary alicyclic amines) is 1. The number of ether oxygens (including phenoxy) is 1. The number of carbonyl (C=O) groups excluding carboxylic acids is 1. The molecular weight excluding hydrogens is 432 g/mol. The van der Waals surface area contributed by atoms with Crippen LogP contribution in [0.2, 0.25) is 0 Å². The van der Waals surface area contributed by atoms with E-state index in [9.17, 15) is 9.90 Å². The van der Waals surface area contributed by atoms with Crippen LogP contribution in [0.4, 0.5) is 0 Å². The number of hydrogen-bond donors (Lipinski definition) is 2. The molecule has 1 aromatic heterocycles. The molecule has 1 amide bonds. The Morgan fingerprint density at radius 2 is 1.94 bits per heavy atom. The van der Waals surface area contributed by atoms with Crippen molar-refractivity contribution in [2.24, 2.45) is 11.7 Å². The average Bonchev–Trinajstić information content (AvgIpc) is 3.23. The molecule has 1 saturated heterocycles. The number of nitrogens with two attached hydrogens (primary N) is 1. The lowest BCUT2D eigenvalue weighted by atomic mass is 9.80. The Morgan fingerprint density at radius 3 is 2.65 bits per heavy atom. The van der Waals surface area contributed by atoms with Crippen LogP contribution in [-0.4, -0.2) is 47.8 Å². The maximum Gasteiger partial charge on any atom is 0.225 e. The van der Waals surface area contributed by atoms with Gasteiger partial charge in [0.15, 0.2) is 0 Å². The van der Waals surface area contributed by atoms with Crippen molar-refractivity contribution in [2.75, 3.05) is 19.7 Å². The van der Waals surface area contributed by atoms with Gasteiger partial charge >= 0.3 is 0 Å². The third-order valence-corrected chi connectivity index (χ3v) is 8.40. The Morgan fingerprint density at radius 1 is 1.19 bits per heavy atom. The van der Waals surface area contributed by atoms with Gasteiger partial charge in [0.25, 0.3) is 0 Å². The highest BCUT2D eigenvalue weighted by Gasteiger charge is 2.44. The number of piperidine rings is 1. The summed E-state index contributed by atoms with van der Waals surface area (Å²) in [7, 11) is 0. The van der Waals surface area contributed by atoms with Gasteiger partial charge in [-0.05, 0) is 49.3 Å². The molecule has 31 heavy (non-hydrogen) atoms. The number of amides is 1. The fourth-order valence-corrected chi connectivity index (χ4v) is 6.57. The summed E-state index contributed by atoms with van der Waals surface area (Å²) < 4.78 is 6.40. The molecule has 0 unspecified atom stereocenters. The van der Waals surface area contributed by atoms with Crippen molar-refractivity contribution in [3.8, 4) is 10.4 Å². The van der Waals surface area contributed by atoms with Gasteiger partial charge in [0.2, 0.25) is 5.91 Å². The quantitative estimate of drug-likeness (QED) is 0.713. The highest BCUT2D eigenvalue weighted by atomic mass is 35.5. The molecule has 7 heteroatoms. The van der Waals surface area contributed by atoms with Crippen molar-refractivity contribution in [3.05, 3.63) is 46.8 Å². The Hall–Kier alpha value is -1.44. The van der Waals surface area contributed by atoms with Gasteiger partial charge in [0.05, 0.1) is 18.3 Å². The van der Waals surface area contributed by atoms with Crippen molar-refractivity contribution in [2.45, 2.75) is 56.3 Å². The normalized spacial score (nSPS) is 27.4. The zero-order valence-electron chi connectivity index (χ0n) is 17.7. The summed E-state index contributed by atoms with van der Waals surface area (Å²) in [6, 6.07) is 12.6. The zero-order valence-corrected chi connectivity index (χ0v) is 19.3. The van der Waals surface area contributed by atoms with E-state index >= 15 is 0 Å². The average molecular weight is 463 g/mol. The lowest BCUT2D eigenvalue weighted by Gasteiger charge is -2.45. The second-order valence-electron chi connectivity index (χ2n) is 8.97. The molecule has 0 bridgehead atoms. The van der Waals surface area contributed by atoms with E-state index in [2.05, 4.69) is 30.3 Å². The largest absolute Gasteiger partial charge is 0.392 e. The molecule has 3 atom stereocenters. The summed E-state index contributed by atoms with van der Waals surface area (Å²) in [5.41, 5.74) is 8.35. The van der Waals surface area contributed by atoms with E-state index in [4.69, 9.17) is 10.5 Å². The minimum atomic E-state index is -0.467. The van der Waals surface area contributed by atoms with Crippen molar-refractivity contribution in [3.63, 3.8) is 0 Å². The Labute approximate surface area is 194 Å². The van der Waals surface area contributed by atoms with Gasteiger partial charge in [-0.25, -0.2) is 0 Å². The van der Waals surface area contributed by atoms with E-state index in [0.29, 0.717) is 12.8 Å². The van der Waals surface area contributed by atoms with E-state index in [1.165, 1.54) is 20.9 Å². The molecule has 3 heterocycles. The molecule has 2 fully saturated rings. The first-order chi connectivity index (χ1) is 14.6. The van der Waals surface area contributed by atoms with Crippen LogP contribution in [0.1, 0.15) is 42.5 Å². The second kappa shape index (κ2) is 9.20. The van der Waals surface area contributed by atoms with E-state index < -0.39 is 6.10 Å². The topological polar surface area (TPSA) is 75.8 Å². The SMILES string of the molecule is Cl.N[C@@H]1C[C@@H](C(=O)N2CCC3(CC2)OCCc2sc(-c4ccccc4)cc23)CC[C@H]1O. The molecule has 5 rings (SSSR count). The maximum absolute atomic E-state index is 13.1. The molecule has 168 valence electrons. The molecule has 0 radical (unpaired) electrons. The van der Waals surface area contributed by atoms with Crippen LogP contribution in [-0.2, 0) is 21.6 Å². The number of aliphatic hydroxyl groups is 1. The van der Waals surface area contributed by atoms with Crippen LogP contribution in [0.25, 0.3) is 10.4 Å². The number of thiophene rings is 1. The summed E-state index contributed by atoms with van der Waals surface area (Å²) in [6.07, 6.45) is 4.15. The molecule has 2 aromatic rings. The number of halogens is 1. The molecule has 1 aliphatic carbocycles. The van der Waals surface area contributed by atoms with Gasteiger partial charge in [0, 0.05) is 41.2 Å². The summed E-state index contributed by atoms with van der Waals surface area (Å²) in [6.45, 7) is 2.21. The predicted octanol–water partition coefficient (Wildman–Crippen LogP) is 3.72. The van der Waals surface area contributed by atoms with Crippen LogP contribution >= 0.6 is 23.7 Å². The third-order valence-electron chi connectivity index (χ3n) is 7.16. The van der Waals surface area contributed by atoms with Crippen LogP contribution in [0.3, 0.4) is 0 Å². The highest BCUT2D eigenvalue weighted by molar-refractivity contribution is 7.15. The fraction of sp³-hybridized carbons (Fsp3) is 0.542. The van der Waals surface area contributed by atoms with Crippen LogP contribution in [0.5, 0.6) is 0 Å². The van der Waals surface area contributed by atoms with E-state index in [0.717, 1.165) is 45.4 Å². The van der Waals surface area contributed by atoms with Crippen LogP contribution in [0, 0.1) is 5.92 Å². The predicted molar refractivity (Wildman–Crippen MR) is 125 cm³/mol. The van der Waals surface area contributed by atoms with Crippen molar-refractivity contribution >= 4 is 29.7 Å². The molecule has 3 aliphatic rings. The van der Waals surface area contributed by atoms with Gasteiger partial charge in [-0.15, -0.1) is 23.7 Å². The maximum atomic E-state index is 13.1. The number of aliphatic hydroxyl groups excluding tert-OH is 1. The number of carbonyl (C=O) groups is 1. The second-order valence-corrected chi connectivity index (χ2v) is 10.1. The Bertz CT molecular complexity index is 911. The summed E-state index contributed by atoms with van der Waals surface area (Å²) in [4.78, 5) is 17.8. The van der Waals surface area contributed by atoms with Crippen LogP contribution in [0.15, 0.2) is 36.4 Å². The first-order valence-corrected chi connectivity index (χ1v) is 11.9. The number of fused-ring (bicyclic) bond motifs is 2. The minimum Gasteiger partial charge on any atom is -0.392 e. The first kappa shape index (κ1) is 22.7. The van der Waals surface area contributed by atoms with E-state index in [-0.39, 0.29) is 35.9 Å². The number of rotatable bonds is 2. The molecule has 5 nitrogen and oxygen atoms in total. The van der Waals surface area contributed by atoms with Crippen molar-refractivity contribution < 1.29 is 14.6 Å². The molecular formula is C24H31ClN2O3S. The fourth-order valence-electron chi connectivity index (χ4n) is 5.34. The van der Waals surface area contributed by atoms with Gasteiger partial charge in [0.1, 0.15) is 0 Å². The molecule has 3 N–H and O–H groups in total. The summed E-state index contributed by atoms with van der Waals surface area (Å²) in [5.74, 6) is 0.157. The molecule has 1 saturated carbocycles. The molecule has 1 spiro atoms. The number of hydrogen-bond acceptors (Lipinski definition) is 5. The minimum absolute atomic E-state index is 0. The monoisotopic (exact) mass is 462 g/mol. The third kappa shape index (κ3) is 4.29. The van der Waals surface area contributed by atoms with Crippen LogP contribution < -0.4 is 5.73 Å². The highest BCUT2D eigenvalue weighted by Crippen LogP contribution is 2.47. The molecule has 2 aliphatic heterocycles. The lowest BCUT2D eigenvalue weighted by Crippen LogP contribution is -2.51. The number of nitrogens with zero attached hydrogens (tertiary/aromatic N) is 1. The van der Waals surface area contributed by atoms with Crippen molar-refractivity contribution in [1.29, 1.82) is 0 Å². The standard InChI is InChI=1S/C24H30N2O3S.ClH/c25-19-14-17(6-7-20(19)27)23(28)26-11-9-24(10-12-26)18-15-22(16-4-2-1-3-5-16)30-21(18)8-13-29-24;/h1-5,15,17,19-20,27H,6-14,25H2;1H/t17-,19+,20+;/m0./s1. The van der Waals surface area contributed by atoms with E-state index in [1.54, 1.807) is 0 Å². The smallest absolute Gasteiger partial charge is 0.225 e. The Kier molecular flexibility index (Phi) is 6.75. The first-order valence-electron chi connectivity index (χ1n) is 11.1. The van der Waals surface area contributed by atoms with E-state index in [1.807, 2.05) is 22.3 Å². The molecule has 1 aromatic carbocycles. The number of benzene rings is 1. The zero-order chi connectivity index (χ0) is 20.7. The van der Waals surface area contributed by atoms with Gasteiger partial charge in [-0.2, -0.15) is 0 Å². The van der Waals surface area contributed by atoms with Crippen molar-refractivity contribution in [1.82, 2.24) is 4.90 Å². The summed E-state index contributed by atoms with van der Waals surface area (Å²) >= 11 is 1.89. The lowest BCUT2D eigenvalue weighted by molar-refractivity contribution is -0.146. The van der Waals surface area contributed by atoms with Gasteiger partial charge in [-0.3, -0.25) is 4.79 Å².